The number of nitrogens with zero attached hydrogens (tertiary/aromatic N) is 1. The summed E-state index contributed by atoms with van der Waals surface area (Å²) in [7, 11) is 3.62. The van der Waals surface area contributed by atoms with Gasteiger partial charge in [0.15, 0.2) is 0 Å². The van der Waals surface area contributed by atoms with Crippen LogP contribution in [0.2, 0.25) is 0 Å². The molecule has 0 radical (unpaired) electrons. The summed E-state index contributed by atoms with van der Waals surface area (Å²) in [6.07, 6.45) is 0.879. The third-order valence-electron chi connectivity index (χ3n) is 2.52. The largest absolute Gasteiger partial charge is 0.477 e. The second-order valence-corrected chi connectivity index (χ2v) is 4.09. The molecule has 1 N–H and O–H groups in total. The molecular formula is C13H22N2O2. The molecule has 96 valence electrons. The van der Waals surface area contributed by atoms with E-state index in [4.69, 9.17) is 9.47 Å². The van der Waals surface area contributed by atoms with Crippen molar-refractivity contribution in [3.05, 3.63) is 22.9 Å². The molecule has 0 unspecified atom stereocenters. The molecule has 4 nitrogen and oxygen atoms in total. The highest BCUT2D eigenvalue weighted by molar-refractivity contribution is 5.35. The van der Waals surface area contributed by atoms with Crippen molar-refractivity contribution in [3.8, 4) is 5.88 Å². The van der Waals surface area contributed by atoms with E-state index in [1.54, 1.807) is 7.11 Å². The Morgan fingerprint density at radius 2 is 2.06 bits per heavy atom. The zero-order valence-electron chi connectivity index (χ0n) is 11.2. The van der Waals surface area contributed by atoms with Crippen LogP contribution < -0.4 is 10.1 Å². The summed E-state index contributed by atoms with van der Waals surface area (Å²) in [4.78, 5) is 4.45. The van der Waals surface area contributed by atoms with Crippen LogP contribution in [0, 0.1) is 13.8 Å². The molecule has 0 fully saturated rings. The van der Waals surface area contributed by atoms with E-state index in [1.807, 2.05) is 14.0 Å². The van der Waals surface area contributed by atoms with Crippen LogP contribution in [0.15, 0.2) is 6.07 Å². The molecule has 1 aromatic rings. The van der Waals surface area contributed by atoms with E-state index < -0.39 is 0 Å². The first-order valence-electron chi connectivity index (χ1n) is 5.92. The van der Waals surface area contributed by atoms with Gasteiger partial charge >= 0.3 is 0 Å². The van der Waals surface area contributed by atoms with Gasteiger partial charge < -0.3 is 14.8 Å². The van der Waals surface area contributed by atoms with E-state index >= 15 is 0 Å². The Labute approximate surface area is 103 Å². The zero-order valence-corrected chi connectivity index (χ0v) is 11.2. The Morgan fingerprint density at radius 1 is 1.29 bits per heavy atom. The molecule has 0 aliphatic heterocycles. The fraction of sp³-hybridized carbons (Fsp3) is 0.615. The molecule has 0 saturated heterocycles. The highest BCUT2D eigenvalue weighted by atomic mass is 16.5. The first-order chi connectivity index (χ1) is 8.19. The predicted octanol–water partition coefficient (Wildman–Crippen LogP) is 1.83. The third kappa shape index (κ3) is 4.32. The molecule has 1 aromatic heterocycles. The van der Waals surface area contributed by atoms with Crippen molar-refractivity contribution < 1.29 is 9.47 Å². The number of pyridine rings is 1. The number of ether oxygens (including phenoxy) is 2. The monoisotopic (exact) mass is 238 g/mol. The van der Waals surface area contributed by atoms with Gasteiger partial charge in [-0.3, -0.25) is 0 Å². The fourth-order valence-corrected chi connectivity index (χ4v) is 1.71. The Kier molecular flexibility index (Phi) is 5.94. The van der Waals surface area contributed by atoms with Crippen molar-refractivity contribution in [3.63, 3.8) is 0 Å². The molecule has 1 heterocycles. The maximum absolute atomic E-state index is 5.72. The molecule has 0 aromatic carbocycles. The minimum Gasteiger partial charge on any atom is -0.477 e. The van der Waals surface area contributed by atoms with Crippen LogP contribution >= 0.6 is 0 Å². The van der Waals surface area contributed by atoms with Crippen LogP contribution in [0.1, 0.15) is 23.2 Å². The van der Waals surface area contributed by atoms with Gasteiger partial charge in [-0.05, 0) is 32.5 Å². The van der Waals surface area contributed by atoms with Crippen molar-refractivity contribution in [1.29, 1.82) is 0 Å². The van der Waals surface area contributed by atoms with Gasteiger partial charge in [0.1, 0.15) is 0 Å². The Balaban J connectivity index is 2.73. The number of nitrogens with one attached hydrogen (secondary N) is 1. The van der Waals surface area contributed by atoms with Gasteiger partial charge in [0.2, 0.25) is 5.88 Å². The summed E-state index contributed by atoms with van der Waals surface area (Å²) in [6.45, 7) is 6.20. The van der Waals surface area contributed by atoms with Crippen LogP contribution in [0.3, 0.4) is 0 Å². The molecule has 0 spiro atoms. The van der Waals surface area contributed by atoms with Crippen molar-refractivity contribution in [1.82, 2.24) is 10.3 Å². The highest BCUT2D eigenvalue weighted by Gasteiger charge is 2.09. The van der Waals surface area contributed by atoms with Crippen molar-refractivity contribution in [2.75, 3.05) is 27.4 Å². The van der Waals surface area contributed by atoms with Gasteiger partial charge in [0.25, 0.3) is 0 Å². The zero-order chi connectivity index (χ0) is 12.7. The number of hydrogen-bond acceptors (Lipinski definition) is 4. The van der Waals surface area contributed by atoms with E-state index in [0.29, 0.717) is 13.2 Å². The van der Waals surface area contributed by atoms with E-state index in [9.17, 15) is 0 Å². The molecule has 0 aliphatic rings. The Hall–Kier alpha value is -1.13. The van der Waals surface area contributed by atoms with E-state index in [-0.39, 0.29) is 0 Å². The second kappa shape index (κ2) is 7.25. The molecule has 0 bridgehead atoms. The lowest BCUT2D eigenvalue weighted by Crippen LogP contribution is -2.12. The summed E-state index contributed by atoms with van der Waals surface area (Å²) in [5, 5.41) is 3.14. The molecule has 0 saturated carbocycles. The SMILES string of the molecule is CNCc1c(C)cc(C)nc1OCCCOC. The lowest BCUT2D eigenvalue weighted by molar-refractivity contribution is 0.170. The van der Waals surface area contributed by atoms with Gasteiger partial charge in [-0.25, -0.2) is 4.98 Å². The minimum atomic E-state index is 0.639. The van der Waals surface area contributed by atoms with Crippen molar-refractivity contribution in [2.24, 2.45) is 0 Å². The van der Waals surface area contributed by atoms with Crippen LogP contribution in [0.5, 0.6) is 5.88 Å². The molecule has 4 heteroatoms. The van der Waals surface area contributed by atoms with Gasteiger partial charge in [-0.1, -0.05) is 0 Å². The van der Waals surface area contributed by atoms with E-state index in [1.165, 1.54) is 5.56 Å². The quantitative estimate of drug-likeness (QED) is 0.736. The standard InChI is InChI=1S/C13H22N2O2/c1-10-8-11(2)15-13(12(10)9-14-3)17-7-5-6-16-4/h8,14H,5-7,9H2,1-4H3. The first-order valence-corrected chi connectivity index (χ1v) is 5.92. The van der Waals surface area contributed by atoms with Gasteiger partial charge in [-0.15, -0.1) is 0 Å². The highest BCUT2D eigenvalue weighted by Crippen LogP contribution is 2.20. The number of rotatable bonds is 7. The number of aromatic nitrogens is 1. The molecule has 0 aliphatic carbocycles. The van der Waals surface area contributed by atoms with Crippen molar-refractivity contribution >= 4 is 0 Å². The maximum atomic E-state index is 5.72. The average molecular weight is 238 g/mol. The summed E-state index contributed by atoms with van der Waals surface area (Å²) in [5.74, 6) is 0.743. The van der Waals surface area contributed by atoms with Crippen LogP contribution in [0.25, 0.3) is 0 Å². The minimum absolute atomic E-state index is 0.639. The Morgan fingerprint density at radius 3 is 2.71 bits per heavy atom. The summed E-state index contributed by atoms with van der Waals surface area (Å²) in [6, 6.07) is 2.08. The first kappa shape index (κ1) is 13.9. The molecular weight excluding hydrogens is 216 g/mol. The Bertz CT molecular complexity index is 354. The molecule has 0 atom stereocenters. The molecule has 0 amide bonds. The number of methoxy groups -OCH3 is 1. The fourth-order valence-electron chi connectivity index (χ4n) is 1.71. The predicted molar refractivity (Wildman–Crippen MR) is 68.5 cm³/mol. The number of aryl methyl sites for hydroxylation is 2. The summed E-state index contributed by atoms with van der Waals surface area (Å²) >= 11 is 0. The average Bonchev–Trinajstić information content (AvgIpc) is 2.29. The van der Waals surface area contributed by atoms with Gasteiger partial charge in [0.05, 0.1) is 6.61 Å². The summed E-state index contributed by atoms with van der Waals surface area (Å²) in [5.41, 5.74) is 3.34. The van der Waals surface area contributed by atoms with Crippen LogP contribution in [-0.4, -0.2) is 32.4 Å². The van der Waals surface area contributed by atoms with Crippen LogP contribution in [0.4, 0.5) is 0 Å². The smallest absolute Gasteiger partial charge is 0.218 e. The lowest BCUT2D eigenvalue weighted by atomic mass is 10.1. The third-order valence-corrected chi connectivity index (χ3v) is 2.52. The summed E-state index contributed by atoms with van der Waals surface area (Å²) < 4.78 is 10.7. The van der Waals surface area contributed by atoms with E-state index in [2.05, 4.69) is 23.3 Å². The second-order valence-electron chi connectivity index (χ2n) is 4.09. The molecule has 1 rings (SSSR count). The van der Waals surface area contributed by atoms with Gasteiger partial charge in [-0.2, -0.15) is 0 Å². The maximum Gasteiger partial charge on any atom is 0.218 e. The normalized spacial score (nSPS) is 10.6. The van der Waals surface area contributed by atoms with Crippen molar-refractivity contribution in [2.45, 2.75) is 26.8 Å². The molecule has 17 heavy (non-hydrogen) atoms. The lowest BCUT2D eigenvalue weighted by Gasteiger charge is -2.13. The van der Waals surface area contributed by atoms with Crippen LogP contribution in [-0.2, 0) is 11.3 Å². The number of hydrogen-bond donors (Lipinski definition) is 1. The topological polar surface area (TPSA) is 43.4 Å². The van der Waals surface area contributed by atoms with E-state index in [0.717, 1.165) is 30.1 Å². The van der Waals surface area contributed by atoms with Gasteiger partial charge in [0, 0.05) is 37.9 Å².